The van der Waals surface area contributed by atoms with Crippen molar-refractivity contribution in [2.24, 2.45) is 5.73 Å². The van der Waals surface area contributed by atoms with Crippen LogP contribution in [0.2, 0.25) is 0 Å². The van der Waals surface area contributed by atoms with E-state index in [1.807, 2.05) is 6.92 Å². The molecule has 24 heavy (non-hydrogen) atoms. The molecule has 0 saturated carbocycles. The molecule has 7 heteroatoms. The second-order valence-electron chi connectivity index (χ2n) is 5.37. The van der Waals surface area contributed by atoms with Crippen molar-refractivity contribution in [3.63, 3.8) is 0 Å². The van der Waals surface area contributed by atoms with Gasteiger partial charge in [-0.25, -0.2) is 8.42 Å². The Morgan fingerprint density at radius 1 is 1.00 bits per heavy atom. The summed E-state index contributed by atoms with van der Waals surface area (Å²) in [5.41, 5.74) is 6.90. The van der Waals surface area contributed by atoms with E-state index in [4.69, 9.17) is 5.73 Å². The standard InChI is InChI=1S/C17H18N2O4S/c1-12-2-8-15(9-3-12)24(22,23)11-10-16(20)19-14-6-4-13(5-7-14)17(18)21/h2-9H,10-11H2,1H3,(H2,18,21)(H,19,20). The highest BCUT2D eigenvalue weighted by Crippen LogP contribution is 2.14. The van der Waals surface area contributed by atoms with Crippen molar-refractivity contribution in [2.45, 2.75) is 18.2 Å². The van der Waals surface area contributed by atoms with Crippen LogP contribution in [0, 0.1) is 6.92 Å². The molecule has 2 rings (SSSR count). The Morgan fingerprint density at radius 2 is 1.58 bits per heavy atom. The lowest BCUT2D eigenvalue weighted by molar-refractivity contribution is -0.115. The summed E-state index contributed by atoms with van der Waals surface area (Å²) in [6, 6.07) is 12.5. The van der Waals surface area contributed by atoms with E-state index < -0.39 is 21.7 Å². The fourth-order valence-corrected chi connectivity index (χ4v) is 3.27. The molecule has 126 valence electrons. The van der Waals surface area contributed by atoms with Crippen LogP contribution in [-0.4, -0.2) is 26.0 Å². The van der Waals surface area contributed by atoms with Crippen molar-refractivity contribution in [2.75, 3.05) is 11.1 Å². The van der Waals surface area contributed by atoms with E-state index in [0.717, 1.165) is 5.56 Å². The van der Waals surface area contributed by atoms with Crippen LogP contribution in [0.1, 0.15) is 22.3 Å². The number of aryl methyl sites for hydroxylation is 1. The van der Waals surface area contributed by atoms with Gasteiger partial charge in [-0.2, -0.15) is 0 Å². The average Bonchev–Trinajstić information content (AvgIpc) is 2.54. The third-order valence-electron chi connectivity index (χ3n) is 3.43. The quantitative estimate of drug-likeness (QED) is 0.833. The highest BCUT2D eigenvalue weighted by atomic mass is 32.2. The second kappa shape index (κ2) is 7.27. The normalized spacial score (nSPS) is 11.0. The second-order valence-corrected chi connectivity index (χ2v) is 7.48. The zero-order valence-corrected chi connectivity index (χ0v) is 14.0. The molecule has 2 aromatic rings. The predicted octanol–water partition coefficient (Wildman–Crippen LogP) is 1.90. The van der Waals surface area contributed by atoms with Crippen LogP contribution in [0.3, 0.4) is 0 Å². The molecule has 0 unspecified atom stereocenters. The van der Waals surface area contributed by atoms with E-state index in [9.17, 15) is 18.0 Å². The Hall–Kier alpha value is -2.67. The SMILES string of the molecule is Cc1ccc(S(=O)(=O)CCC(=O)Nc2ccc(C(N)=O)cc2)cc1. The molecule has 0 aliphatic heterocycles. The van der Waals surface area contributed by atoms with Gasteiger partial charge >= 0.3 is 0 Å². The van der Waals surface area contributed by atoms with E-state index in [0.29, 0.717) is 11.3 Å². The molecule has 0 aliphatic carbocycles. The summed E-state index contributed by atoms with van der Waals surface area (Å²) in [6.45, 7) is 1.87. The molecule has 2 aromatic carbocycles. The van der Waals surface area contributed by atoms with Gasteiger partial charge in [-0.1, -0.05) is 17.7 Å². The maximum absolute atomic E-state index is 12.2. The summed E-state index contributed by atoms with van der Waals surface area (Å²) >= 11 is 0. The van der Waals surface area contributed by atoms with Gasteiger partial charge in [-0.05, 0) is 43.3 Å². The average molecular weight is 346 g/mol. The van der Waals surface area contributed by atoms with Gasteiger partial charge < -0.3 is 11.1 Å². The number of primary amides is 1. The molecule has 0 aliphatic rings. The molecule has 0 atom stereocenters. The van der Waals surface area contributed by atoms with Crippen molar-refractivity contribution >= 4 is 27.3 Å². The molecule has 6 nitrogen and oxygen atoms in total. The van der Waals surface area contributed by atoms with Gasteiger partial charge in [0, 0.05) is 17.7 Å². The summed E-state index contributed by atoms with van der Waals surface area (Å²) in [4.78, 5) is 23.1. The molecule has 0 radical (unpaired) electrons. The van der Waals surface area contributed by atoms with Gasteiger partial charge in [-0.15, -0.1) is 0 Å². The van der Waals surface area contributed by atoms with Crippen LogP contribution in [0.15, 0.2) is 53.4 Å². The van der Waals surface area contributed by atoms with Crippen molar-refractivity contribution in [3.05, 3.63) is 59.7 Å². The number of nitrogens with one attached hydrogen (secondary N) is 1. The van der Waals surface area contributed by atoms with Crippen LogP contribution in [0.4, 0.5) is 5.69 Å². The number of anilines is 1. The first-order chi connectivity index (χ1) is 11.3. The molecule has 2 amide bonds. The smallest absolute Gasteiger partial charge is 0.248 e. The van der Waals surface area contributed by atoms with Crippen molar-refractivity contribution in [1.82, 2.24) is 0 Å². The fraction of sp³-hybridized carbons (Fsp3) is 0.176. The zero-order chi connectivity index (χ0) is 17.7. The van der Waals surface area contributed by atoms with Gasteiger partial charge in [-0.3, -0.25) is 9.59 Å². The van der Waals surface area contributed by atoms with Crippen LogP contribution in [-0.2, 0) is 14.6 Å². The number of rotatable bonds is 6. The maximum atomic E-state index is 12.2. The lowest BCUT2D eigenvalue weighted by atomic mass is 10.2. The summed E-state index contributed by atoms with van der Waals surface area (Å²) in [7, 11) is -3.50. The number of sulfone groups is 1. The first kappa shape index (κ1) is 17.7. The molecule has 0 saturated heterocycles. The van der Waals surface area contributed by atoms with E-state index >= 15 is 0 Å². The Bertz CT molecular complexity index is 841. The minimum Gasteiger partial charge on any atom is -0.366 e. The summed E-state index contributed by atoms with van der Waals surface area (Å²) < 4.78 is 24.4. The number of carbonyl (C=O) groups excluding carboxylic acids is 2. The molecule has 0 spiro atoms. The molecule has 0 heterocycles. The van der Waals surface area contributed by atoms with Gasteiger partial charge in [0.05, 0.1) is 10.6 Å². The molecule has 0 aromatic heterocycles. The first-order valence-electron chi connectivity index (χ1n) is 7.27. The highest BCUT2D eigenvalue weighted by Gasteiger charge is 2.16. The number of hydrogen-bond acceptors (Lipinski definition) is 4. The third-order valence-corrected chi connectivity index (χ3v) is 5.16. The Balaban J connectivity index is 1.95. The zero-order valence-electron chi connectivity index (χ0n) is 13.2. The van der Waals surface area contributed by atoms with Crippen LogP contribution >= 0.6 is 0 Å². The Morgan fingerprint density at radius 3 is 2.12 bits per heavy atom. The lowest BCUT2D eigenvalue weighted by Crippen LogP contribution is -2.17. The number of amides is 2. The highest BCUT2D eigenvalue weighted by molar-refractivity contribution is 7.91. The topological polar surface area (TPSA) is 106 Å². The number of nitrogens with two attached hydrogens (primary N) is 1. The minimum atomic E-state index is -3.50. The van der Waals surface area contributed by atoms with E-state index in [2.05, 4.69) is 5.32 Å². The van der Waals surface area contributed by atoms with Gasteiger partial charge in [0.25, 0.3) is 0 Å². The molecule has 3 N–H and O–H groups in total. The van der Waals surface area contributed by atoms with E-state index in [-0.39, 0.29) is 17.1 Å². The van der Waals surface area contributed by atoms with Crippen molar-refractivity contribution < 1.29 is 18.0 Å². The third kappa shape index (κ3) is 4.66. The van der Waals surface area contributed by atoms with E-state index in [1.165, 1.54) is 36.4 Å². The summed E-state index contributed by atoms with van der Waals surface area (Å²) in [5, 5.41) is 2.59. The van der Waals surface area contributed by atoms with Gasteiger partial charge in [0.15, 0.2) is 9.84 Å². The molecule has 0 fully saturated rings. The van der Waals surface area contributed by atoms with Gasteiger partial charge in [0.1, 0.15) is 0 Å². The predicted molar refractivity (Wildman–Crippen MR) is 91.4 cm³/mol. The number of carbonyl (C=O) groups is 2. The largest absolute Gasteiger partial charge is 0.366 e. The minimum absolute atomic E-state index is 0.159. The van der Waals surface area contributed by atoms with E-state index in [1.54, 1.807) is 12.1 Å². The number of benzene rings is 2. The summed E-state index contributed by atoms with van der Waals surface area (Å²) in [6.07, 6.45) is -0.159. The monoisotopic (exact) mass is 346 g/mol. The summed E-state index contributed by atoms with van der Waals surface area (Å²) in [5.74, 6) is -1.25. The van der Waals surface area contributed by atoms with Gasteiger partial charge in [0.2, 0.25) is 11.8 Å². The lowest BCUT2D eigenvalue weighted by Gasteiger charge is -2.07. The maximum Gasteiger partial charge on any atom is 0.248 e. The molecular formula is C17H18N2O4S. The number of hydrogen-bond donors (Lipinski definition) is 2. The van der Waals surface area contributed by atoms with Crippen LogP contribution < -0.4 is 11.1 Å². The van der Waals surface area contributed by atoms with Crippen molar-refractivity contribution in [1.29, 1.82) is 0 Å². The first-order valence-corrected chi connectivity index (χ1v) is 8.92. The van der Waals surface area contributed by atoms with Crippen LogP contribution in [0.25, 0.3) is 0 Å². The fourth-order valence-electron chi connectivity index (χ4n) is 2.03. The Kier molecular flexibility index (Phi) is 5.35. The Labute approximate surface area is 140 Å². The van der Waals surface area contributed by atoms with Crippen LogP contribution in [0.5, 0.6) is 0 Å². The molecule has 0 bridgehead atoms. The molecular weight excluding hydrogens is 328 g/mol. The van der Waals surface area contributed by atoms with Crippen molar-refractivity contribution in [3.8, 4) is 0 Å².